The summed E-state index contributed by atoms with van der Waals surface area (Å²) in [5, 5.41) is 7.48. The van der Waals surface area contributed by atoms with Gasteiger partial charge >= 0.3 is 0 Å². The molecule has 6 heteroatoms. The van der Waals surface area contributed by atoms with E-state index in [1.807, 2.05) is 25.1 Å². The molecular weight excluding hydrogens is 372 g/mol. The summed E-state index contributed by atoms with van der Waals surface area (Å²) >= 11 is 6.11. The zero-order chi connectivity index (χ0) is 19.9. The summed E-state index contributed by atoms with van der Waals surface area (Å²) in [5.41, 5.74) is 1.19. The van der Waals surface area contributed by atoms with Crippen LogP contribution in [0.2, 0.25) is 5.02 Å². The highest BCUT2D eigenvalue weighted by atomic mass is 35.5. The van der Waals surface area contributed by atoms with Crippen molar-refractivity contribution in [3.8, 4) is 0 Å². The highest BCUT2D eigenvalue weighted by molar-refractivity contribution is 6.30. The van der Waals surface area contributed by atoms with E-state index in [0.29, 0.717) is 18.6 Å². The predicted octanol–water partition coefficient (Wildman–Crippen LogP) is 2.88. The number of nitrogens with zero attached hydrogens (tertiary/aromatic N) is 2. The number of piperidine rings is 1. The molecule has 1 aromatic carbocycles. The van der Waals surface area contributed by atoms with Gasteiger partial charge in [0.1, 0.15) is 0 Å². The lowest BCUT2D eigenvalue weighted by Gasteiger charge is -2.38. The van der Waals surface area contributed by atoms with E-state index in [1.54, 1.807) is 0 Å². The van der Waals surface area contributed by atoms with Gasteiger partial charge in [0.25, 0.3) is 0 Å². The Bertz CT molecular complexity index is 633. The van der Waals surface area contributed by atoms with Crippen molar-refractivity contribution in [2.75, 3.05) is 32.7 Å². The molecule has 1 amide bonds. The van der Waals surface area contributed by atoms with Gasteiger partial charge in [0.2, 0.25) is 5.91 Å². The minimum absolute atomic E-state index is 0.0143. The van der Waals surface area contributed by atoms with Crippen LogP contribution in [0.1, 0.15) is 45.1 Å². The molecule has 3 rings (SSSR count). The summed E-state index contributed by atoms with van der Waals surface area (Å²) in [6.45, 7) is 10.2. The van der Waals surface area contributed by atoms with Gasteiger partial charge in [0.05, 0.1) is 6.04 Å². The first-order valence-corrected chi connectivity index (χ1v) is 11.2. The zero-order valence-corrected chi connectivity index (χ0v) is 18.0. The number of carbonyl (C=O) groups excluding carboxylic acids is 1. The Labute approximate surface area is 174 Å². The molecule has 2 saturated heterocycles. The van der Waals surface area contributed by atoms with Crippen molar-refractivity contribution in [2.45, 2.75) is 64.2 Å². The molecule has 2 N–H and O–H groups in total. The van der Waals surface area contributed by atoms with E-state index < -0.39 is 0 Å². The van der Waals surface area contributed by atoms with Crippen LogP contribution in [0.15, 0.2) is 24.3 Å². The van der Waals surface area contributed by atoms with Crippen molar-refractivity contribution in [1.82, 2.24) is 20.4 Å². The van der Waals surface area contributed by atoms with Crippen LogP contribution in [0.25, 0.3) is 0 Å². The monoisotopic (exact) mass is 406 g/mol. The van der Waals surface area contributed by atoms with Crippen molar-refractivity contribution < 1.29 is 4.79 Å². The van der Waals surface area contributed by atoms with E-state index in [9.17, 15) is 4.79 Å². The van der Waals surface area contributed by atoms with Crippen molar-refractivity contribution >= 4 is 17.5 Å². The summed E-state index contributed by atoms with van der Waals surface area (Å²) in [6, 6.07) is 8.82. The molecule has 0 unspecified atom stereocenters. The first-order valence-electron chi connectivity index (χ1n) is 10.8. The highest BCUT2D eigenvalue weighted by Crippen LogP contribution is 2.27. The van der Waals surface area contributed by atoms with Gasteiger partial charge in [-0.2, -0.15) is 0 Å². The maximum atomic E-state index is 12.7. The van der Waals surface area contributed by atoms with Crippen molar-refractivity contribution in [1.29, 1.82) is 0 Å². The Morgan fingerprint density at radius 3 is 2.71 bits per heavy atom. The third-order valence-corrected chi connectivity index (χ3v) is 6.28. The molecular formula is C22H35ClN4O. The summed E-state index contributed by atoms with van der Waals surface area (Å²) in [4.78, 5) is 17.8. The fourth-order valence-electron chi connectivity index (χ4n) is 4.66. The van der Waals surface area contributed by atoms with Gasteiger partial charge in [-0.1, -0.05) is 30.7 Å². The lowest BCUT2D eigenvalue weighted by atomic mass is 10.0. The normalized spacial score (nSPS) is 24.5. The van der Waals surface area contributed by atoms with E-state index in [1.165, 1.54) is 18.5 Å². The fraction of sp³-hybridized carbons (Fsp3) is 0.682. The molecule has 1 aromatic rings. The standard InChI is InChI=1S/C22H35ClN4O/c1-3-10-26-11-8-20(9-12-26)27-16-19(14-21(27)22(28)24-4-2)25-15-17-6-5-7-18(23)13-17/h5-7,13,19-21,25H,3-4,8-12,14-16H2,1-2H3,(H,24,28)/t19-,21-/m0/s1. The number of carbonyl (C=O) groups is 1. The first-order chi connectivity index (χ1) is 13.6. The van der Waals surface area contributed by atoms with Crippen LogP contribution in [0.3, 0.4) is 0 Å². The third kappa shape index (κ3) is 5.69. The van der Waals surface area contributed by atoms with E-state index in [4.69, 9.17) is 11.6 Å². The Hall–Kier alpha value is -1.14. The second kappa shape index (κ2) is 10.6. The molecule has 0 aliphatic carbocycles. The van der Waals surface area contributed by atoms with Gasteiger partial charge in [0.15, 0.2) is 0 Å². The largest absolute Gasteiger partial charge is 0.355 e. The van der Waals surface area contributed by atoms with Crippen molar-refractivity contribution in [3.05, 3.63) is 34.9 Å². The van der Waals surface area contributed by atoms with Crippen molar-refractivity contribution in [2.24, 2.45) is 0 Å². The number of likely N-dealkylation sites (tertiary alicyclic amines) is 2. The third-order valence-electron chi connectivity index (χ3n) is 6.04. The minimum Gasteiger partial charge on any atom is -0.355 e. The van der Waals surface area contributed by atoms with Crippen LogP contribution < -0.4 is 10.6 Å². The van der Waals surface area contributed by atoms with Gasteiger partial charge in [-0.25, -0.2) is 0 Å². The summed E-state index contributed by atoms with van der Waals surface area (Å²) in [7, 11) is 0. The van der Waals surface area contributed by atoms with E-state index >= 15 is 0 Å². The molecule has 0 radical (unpaired) electrons. The van der Waals surface area contributed by atoms with E-state index in [-0.39, 0.29) is 11.9 Å². The molecule has 0 bridgehead atoms. The number of rotatable bonds is 8. The maximum absolute atomic E-state index is 12.7. The zero-order valence-electron chi connectivity index (χ0n) is 17.3. The Balaban J connectivity index is 1.60. The second-order valence-electron chi connectivity index (χ2n) is 8.12. The number of hydrogen-bond donors (Lipinski definition) is 2. The maximum Gasteiger partial charge on any atom is 0.237 e. The molecule has 2 fully saturated rings. The number of nitrogens with one attached hydrogen (secondary N) is 2. The smallest absolute Gasteiger partial charge is 0.237 e. The Kier molecular flexibility index (Phi) is 8.15. The highest BCUT2D eigenvalue weighted by Gasteiger charge is 2.40. The quantitative estimate of drug-likeness (QED) is 0.696. The van der Waals surface area contributed by atoms with Gasteiger partial charge in [-0.3, -0.25) is 9.69 Å². The number of halogens is 1. The number of hydrogen-bond acceptors (Lipinski definition) is 4. The summed E-state index contributed by atoms with van der Waals surface area (Å²) in [6.07, 6.45) is 4.42. The van der Waals surface area contributed by atoms with Crippen LogP contribution in [-0.4, -0.2) is 66.6 Å². The van der Waals surface area contributed by atoms with Gasteiger partial charge < -0.3 is 15.5 Å². The van der Waals surface area contributed by atoms with Crippen LogP contribution in [0.4, 0.5) is 0 Å². The first kappa shape index (κ1) is 21.6. The van der Waals surface area contributed by atoms with Gasteiger partial charge in [0, 0.05) is 36.7 Å². The van der Waals surface area contributed by atoms with Gasteiger partial charge in [-0.15, -0.1) is 0 Å². The molecule has 2 aliphatic rings. The molecule has 2 heterocycles. The topological polar surface area (TPSA) is 47.6 Å². The lowest BCUT2D eigenvalue weighted by Crippen LogP contribution is -2.51. The summed E-state index contributed by atoms with van der Waals surface area (Å²) < 4.78 is 0. The second-order valence-corrected chi connectivity index (χ2v) is 8.56. The van der Waals surface area contributed by atoms with Crippen LogP contribution >= 0.6 is 11.6 Å². The number of amides is 1. The average molecular weight is 407 g/mol. The number of likely N-dealkylation sites (N-methyl/N-ethyl adjacent to an activating group) is 1. The molecule has 0 spiro atoms. The molecule has 0 aromatic heterocycles. The van der Waals surface area contributed by atoms with Crippen LogP contribution in [-0.2, 0) is 11.3 Å². The Morgan fingerprint density at radius 2 is 2.04 bits per heavy atom. The van der Waals surface area contributed by atoms with E-state index in [2.05, 4.69) is 33.4 Å². The lowest BCUT2D eigenvalue weighted by molar-refractivity contribution is -0.126. The predicted molar refractivity (Wildman–Crippen MR) is 116 cm³/mol. The summed E-state index contributed by atoms with van der Waals surface area (Å²) in [5.74, 6) is 0.186. The van der Waals surface area contributed by atoms with E-state index in [0.717, 1.165) is 50.5 Å². The average Bonchev–Trinajstić information content (AvgIpc) is 3.12. The number of benzene rings is 1. The van der Waals surface area contributed by atoms with Crippen molar-refractivity contribution in [3.63, 3.8) is 0 Å². The molecule has 5 nitrogen and oxygen atoms in total. The molecule has 2 aliphatic heterocycles. The SMILES string of the molecule is CCCN1CCC(N2C[C@@H](NCc3cccc(Cl)c3)C[C@H]2C(=O)NCC)CC1. The van der Waals surface area contributed by atoms with Gasteiger partial charge in [-0.05, 0) is 69.9 Å². The molecule has 28 heavy (non-hydrogen) atoms. The minimum atomic E-state index is -0.0143. The Morgan fingerprint density at radius 1 is 1.25 bits per heavy atom. The van der Waals surface area contributed by atoms with Crippen LogP contribution in [0.5, 0.6) is 0 Å². The molecule has 2 atom stereocenters. The molecule has 0 saturated carbocycles. The van der Waals surface area contributed by atoms with Crippen LogP contribution in [0, 0.1) is 0 Å². The molecule has 156 valence electrons. The fourth-order valence-corrected chi connectivity index (χ4v) is 4.88.